The molecule has 11 heavy (non-hydrogen) atoms. The lowest BCUT2D eigenvalue weighted by Gasteiger charge is -2.03. The zero-order chi connectivity index (χ0) is 8.27. The van der Waals surface area contributed by atoms with Crippen molar-refractivity contribution in [3.05, 3.63) is 34.5 Å². The number of thiophene rings is 1. The summed E-state index contributed by atoms with van der Waals surface area (Å²) >= 11 is 1.49. The summed E-state index contributed by atoms with van der Waals surface area (Å²) in [5, 5.41) is 21.4. The number of aliphatic hydroxyl groups is 1. The van der Waals surface area contributed by atoms with Crippen LogP contribution in [0.1, 0.15) is 11.7 Å². The van der Waals surface area contributed by atoms with E-state index in [2.05, 4.69) is 6.58 Å². The highest BCUT2D eigenvalue weighted by molar-refractivity contribution is 7.07. The zero-order valence-electron chi connectivity index (χ0n) is 5.82. The molecule has 0 aromatic carbocycles. The van der Waals surface area contributed by atoms with Gasteiger partial charge < -0.3 is 5.11 Å². The Labute approximate surface area is 69.0 Å². The summed E-state index contributed by atoms with van der Waals surface area (Å²) in [7, 11) is 0. The Morgan fingerprint density at radius 1 is 1.82 bits per heavy atom. The first-order valence-corrected chi connectivity index (χ1v) is 3.99. The highest BCUT2D eigenvalue weighted by Gasteiger charge is 2.10. The molecule has 56 valence electrons. The van der Waals surface area contributed by atoms with Crippen molar-refractivity contribution in [1.82, 2.24) is 0 Å². The molecule has 1 atom stereocenters. The van der Waals surface area contributed by atoms with E-state index >= 15 is 0 Å². The number of hydrogen-bond acceptors (Lipinski definition) is 3. The molecule has 1 unspecified atom stereocenters. The molecule has 1 aromatic heterocycles. The average molecular weight is 165 g/mol. The van der Waals surface area contributed by atoms with Gasteiger partial charge in [0.25, 0.3) is 0 Å². The van der Waals surface area contributed by atoms with E-state index in [1.165, 1.54) is 11.3 Å². The van der Waals surface area contributed by atoms with Gasteiger partial charge in [0, 0.05) is 0 Å². The lowest BCUT2D eigenvalue weighted by molar-refractivity contribution is 0.221. The van der Waals surface area contributed by atoms with Gasteiger partial charge in [0.2, 0.25) is 0 Å². The predicted octanol–water partition coefficient (Wildman–Crippen LogP) is 1.86. The molecule has 0 radical (unpaired) electrons. The van der Waals surface area contributed by atoms with Gasteiger partial charge in [-0.15, -0.1) is 0 Å². The van der Waals surface area contributed by atoms with Crippen LogP contribution in [0, 0.1) is 11.3 Å². The maximum Gasteiger partial charge on any atom is 0.114 e. The standard InChI is InChI=1S/C8H7NOS/c1-6(4-9)8(10)7-2-3-11-5-7/h2-3,5,8,10H,1H2. The van der Waals surface area contributed by atoms with Crippen LogP contribution in [0.15, 0.2) is 29.0 Å². The number of rotatable bonds is 2. The highest BCUT2D eigenvalue weighted by Crippen LogP contribution is 2.21. The van der Waals surface area contributed by atoms with Crippen LogP contribution < -0.4 is 0 Å². The Balaban J connectivity index is 2.80. The Morgan fingerprint density at radius 3 is 3.00 bits per heavy atom. The molecule has 3 heteroatoms. The monoisotopic (exact) mass is 165 g/mol. The lowest BCUT2D eigenvalue weighted by Crippen LogP contribution is -1.96. The largest absolute Gasteiger partial charge is 0.383 e. The summed E-state index contributed by atoms with van der Waals surface area (Å²) in [6, 6.07) is 3.59. The van der Waals surface area contributed by atoms with Crippen LogP contribution in [0.4, 0.5) is 0 Å². The molecule has 1 N–H and O–H groups in total. The van der Waals surface area contributed by atoms with E-state index in [9.17, 15) is 5.11 Å². The van der Waals surface area contributed by atoms with E-state index in [1.54, 1.807) is 11.4 Å². The molecule has 0 aliphatic rings. The molecule has 0 amide bonds. The molecule has 1 aromatic rings. The maximum atomic E-state index is 9.36. The molecule has 0 aliphatic heterocycles. The SMILES string of the molecule is C=C(C#N)C(O)c1ccsc1. The normalized spacial score (nSPS) is 12.0. The third-order valence-electron chi connectivity index (χ3n) is 1.33. The van der Waals surface area contributed by atoms with Crippen molar-refractivity contribution in [3.8, 4) is 6.07 Å². The molecule has 0 aliphatic carbocycles. The van der Waals surface area contributed by atoms with Crippen LogP contribution in [0.5, 0.6) is 0 Å². The number of nitriles is 1. The van der Waals surface area contributed by atoms with Gasteiger partial charge in [-0.3, -0.25) is 0 Å². The van der Waals surface area contributed by atoms with E-state index in [4.69, 9.17) is 5.26 Å². The topological polar surface area (TPSA) is 44.0 Å². The minimum atomic E-state index is -0.828. The van der Waals surface area contributed by atoms with Crippen molar-refractivity contribution >= 4 is 11.3 Å². The maximum absolute atomic E-state index is 9.36. The first kappa shape index (κ1) is 7.99. The average Bonchev–Trinajstić information content (AvgIpc) is 2.53. The Morgan fingerprint density at radius 2 is 2.55 bits per heavy atom. The van der Waals surface area contributed by atoms with Gasteiger partial charge in [0.15, 0.2) is 0 Å². The second kappa shape index (κ2) is 3.33. The van der Waals surface area contributed by atoms with Gasteiger partial charge in [-0.1, -0.05) is 6.58 Å². The van der Waals surface area contributed by atoms with Crippen molar-refractivity contribution in [2.75, 3.05) is 0 Å². The predicted molar refractivity (Wildman–Crippen MR) is 44.0 cm³/mol. The Kier molecular flexibility index (Phi) is 2.42. The zero-order valence-corrected chi connectivity index (χ0v) is 6.64. The summed E-state index contributed by atoms with van der Waals surface area (Å²) in [5.74, 6) is 0. The van der Waals surface area contributed by atoms with E-state index in [0.29, 0.717) is 0 Å². The molecule has 1 rings (SSSR count). The molecule has 2 nitrogen and oxygen atoms in total. The molecule has 0 spiro atoms. The van der Waals surface area contributed by atoms with Gasteiger partial charge in [-0.2, -0.15) is 16.6 Å². The van der Waals surface area contributed by atoms with Gasteiger partial charge in [-0.25, -0.2) is 0 Å². The summed E-state index contributed by atoms with van der Waals surface area (Å²) in [6.45, 7) is 3.42. The van der Waals surface area contributed by atoms with E-state index in [1.807, 2.05) is 11.4 Å². The van der Waals surface area contributed by atoms with Crippen LogP contribution in [-0.4, -0.2) is 5.11 Å². The van der Waals surface area contributed by atoms with E-state index in [-0.39, 0.29) is 5.57 Å². The number of nitrogens with zero attached hydrogens (tertiary/aromatic N) is 1. The molecular weight excluding hydrogens is 158 g/mol. The van der Waals surface area contributed by atoms with Gasteiger partial charge in [-0.05, 0) is 22.4 Å². The summed E-state index contributed by atoms with van der Waals surface area (Å²) in [4.78, 5) is 0. The minimum absolute atomic E-state index is 0.184. The molecule has 0 saturated carbocycles. The Hall–Kier alpha value is -1.11. The van der Waals surface area contributed by atoms with E-state index < -0.39 is 6.10 Å². The molecule has 0 bridgehead atoms. The highest BCUT2D eigenvalue weighted by atomic mass is 32.1. The molecule has 0 saturated heterocycles. The quantitative estimate of drug-likeness (QED) is 0.680. The van der Waals surface area contributed by atoms with Crippen molar-refractivity contribution in [3.63, 3.8) is 0 Å². The van der Waals surface area contributed by atoms with Crippen LogP contribution in [-0.2, 0) is 0 Å². The third kappa shape index (κ3) is 1.67. The van der Waals surface area contributed by atoms with Crippen LogP contribution in [0.2, 0.25) is 0 Å². The number of aliphatic hydroxyl groups excluding tert-OH is 1. The Bertz CT molecular complexity index is 284. The molecule has 0 fully saturated rings. The first-order chi connectivity index (χ1) is 5.25. The van der Waals surface area contributed by atoms with Crippen molar-refractivity contribution < 1.29 is 5.11 Å². The second-order valence-corrected chi connectivity index (χ2v) is 2.88. The second-order valence-electron chi connectivity index (χ2n) is 2.10. The fourth-order valence-corrected chi connectivity index (χ4v) is 1.37. The van der Waals surface area contributed by atoms with E-state index in [0.717, 1.165) is 5.56 Å². The van der Waals surface area contributed by atoms with Gasteiger partial charge in [0.1, 0.15) is 6.10 Å². The van der Waals surface area contributed by atoms with Crippen molar-refractivity contribution in [2.24, 2.45) is 0 Å². The summed E-state index contributed by atoms with van der Waals surface area (Å²) in [5.41, 5.74) is 0.921. The summed E-state index contributed by atoms with van der Waals surface area (Å²) in [6.07, 6.45) is -0.828. The lowest BCUT2D eigenvalue weighted by atomic mass is 10.1. The fourth-order valence-electron chi connectivity index (χ4n) is 0.693. The van der Waals surface area contributed by atoms with Gasteiger partial charge in [0.05, 0.1) is 11.6 Å². The van der Waals surface area contributed by atoms with Crippen molar-refractivity contribution in [2.45, 2.75) is 6.10 Å². The smallest absolute Gasteiger partial charge is 0.114 e. The van der Waals surface area contributed by atoms with Crippen molar-refractivity contribution in [1.29, 1.82) is 5.26 Å². The van der Waals surface area contributed by atoms with Gasteiger partial charge >= 0.3 is 0 Å². The number of hydrogen-bond donors (Lipinski definition) is 1. The van der Waals surface area contributed by atoms with Crippen LogP contribution in [0.25, 0.3) is 0 Å². The third-order valence-corrected chi connectivity index (χ3v) is 2.03. The molecule has 1 heterocycles. The molecular formula is C8H7NOS. The summed E-state index contributed by atoms with van der Waals surface area (Å²) < 4.78 is 0. The first-order valence-electron chi connectivity index (χ1n) is 3.04. The minimum Gasteiger partial charge on any atom is -0.383 e. The fraction of sp³-hybridized carbons (Fsp3) is 0.125. The van der Waals surface area contributed by atoms with Crippen LogP contribution >= 0.6 is 11.3 Å². The van der Waals surface area contributed by atoms with Crippen LogP contribution in [0.3, 0.4) is 0 Å².